The summed E-state index contributed by atoms with van der Waals surface area (Å²) in [6.07, 6.45) is 6.97. The number of fused-ring (bicyclic) bond motifs is 2. The molecule has 0 radical (unpaired) electrons. The molecule has 1 aromatic carbocycles. The molecule has 0 aliphatic heterocycles. The van der Waals surface area contributed by atoms with Crippen molar-refractivity contribution in [3.63, 3.8) is 0 Å². The van der Waals surface area contributed by atoms with Crippen molar-refractivity contribution in [3.05, 3.63) is 47.9 Å². The maximum absolute atomic E-state index is 6.03. The highest BCUT2D eigenvalue weighted by Crippen LogP contribution is 2.31. The van der Waals surface area contributed by atoms with Crippen LogP contribution in [0.5, 0.6) is 0 Å². The Morgan fingerprint density at radius 3 is 3.05 bits per heavy atom. The lowest BCUT2D eigenvalue weighted by Crippen LogP contribution is -2.02. The number of anilines is 1. The van der Waals surface area contributed by atoms with Gasteiger partial charge in [-0.1, -0.05) is 12.1 Å². The summed E-state index contributed by atoms with van der Waals surface area (Å²) in [6.45, 7) is 0. The fraction of sp³-hybridized carbons (Fsp3) is 0.200. The first-order chi connectivity index (χ1) is 9.34. The maximum atomic E-state index is 6.03. The number of nitrogen functional groups attached to an aromatic ring is 1. The van der Waals surface area contributed by atoms with E-state index in [1.807, 2.05) is 23.1 Å². The van der Waals surface area contributed by atoms with E-state index in [0.717, 1.165) is 23.9 Å². The van der Waals surface area contributed by atoms with E-state index in [9.17, 15) is 0 Å². The molecule has 3 aromatic rings. The van der Waals surface area contributed by atoms with E-state index in [1.165, 1.54) is 23.1 Å². The zero-order chi connectivity index (χ0) is 12.8. The molecular formula is C15H14N4. The third-order valence-electron chi connectivity index (χ3n) is 3.85. The molecule has 19 heavy (non-hydrogen) atoms. The van der Waals surface area contributed by atoms with Crippen LogP contribution >= 0.6 is 0 Å². The molecule has 0 saturated heterocycles. The Bertz CT molecular complexity index is 768. The van der Waals surface area contributed by atoms with Crippen molar-refractivity contribution in [2.45, 2.75) is 19.3 Å². The number of nitrogens with two attached hydrogens (primary N) is 1. The zero-order valence-corrected chi connectivity index (χ0v) is 10.5. The van der Waals surface area contributed by atoms with E-state index in [4.69, 9.17) is 5.73 Å². The van der Waals surface area contributed by atoms with Gasteiger partial charge in [0.25, 0.3) is 0 Å². The molecule has 94 valence electrons. The third kappa shape index (κ3) is 1.46. The van der Waals surface area contributed by atoms with Gasteiger partial charge in [-0.25, -0.2) is 4.68 Å². The molecule has 0 saturated carbocycles. The van der Waals surface area contributed by atoms with Crippen LogP contribution in [0.3, 0.4) is 0 Å². The molecule has 0 atom stereocenters. The maximum Gasteiger partial charge on any atom is 0.149 e. The molecule has 4 rings (SSSR count). The van der Waals surface area contributed by atoms with Crippen molar-refractivity contribution in [2.24, 2.45) is 0 Å². The Hall–Kier alpha value is -2.36. The quantitative estimate of drug-likeness (QED) is 0.722. The molecule has 0 bridgehead atoms. The molecule has 1 aliphatic carbocycles. The van der Waals surface area contributed by atoms with Crippen LogP contribution in [0.15, 0.2) is 36.7 Å². The second-order valence-electron chi connectivity index (χ2n) is 4.95. The van der Waals surface area contributed by atoms with Crippen LogP contribution in [-0.4, -0.2) is 14.8 Å². The third-order valence-corrected chi connectivity index (χ3v) is 3.85. The highest BCUT2D eigenvalue weighted by molar-refractivity contribution is 5.89. The van der Waals surface area contributed by atoms with Gasteiger partial charge < -0.3 is 5.73 Å². The average Bonchev–Trinajstić information content (AvgIpc) is 3.03. The van der Waals surface area contributed by atoms with Crippen molar-refractivity contribution < 1.29 is 0 Å². The zero-order valence-electron chi connectivity index (χ0n) is 10.5. The van der Waals surface area contributed by atoms with Crippen LogP contribution in [0, 0.1) is 0 Å². The van der Waals surface area contributed by atoms with Gasteiger partial charge in [0.05, 0.1) is 5.69 Å². The van der Waals surface area contributed by atoms with Gasteiger partial charge in [-0.15, -0.1) is 0 Å². The van der Waals surface area contributed by atoms with Gasteiger partial charge in [0.2, 0.25) is 0 Å². The number of rotatable bonds is 1. The number of hydrogen-bond acceptors (Lipinski definition) is 3. The molecule has 0 fully saturated rings. The summed E-state index contributed by atoms with van der Waals surface area (Å²) < 4.78 is 2.00. The van der Waals surface area contributed by atoms with E-state index in [2.05, 4.69) is 28.3 Å². The van der Waals surface area contributed by atoms with Crippen molar-refractivity contribution in [3.8, 4) is 5.69 Å². The first-order valence-electron chi connectivity index (χ1n) is 6.54. The monoisotopic (exact) mass is 250 g/mol. The van der Waals surface area contributed by atoms with E-state index in [-0.39, 0.29) is 0 Å². The van der Waals surface area contributed by atoms with Crippen molar-refractivity contribution in [2.75, 3.05) is 5.73 Å². The number of nitrogens with zero attached hydrogens (tertiary/aromatic N) is 3. The van der Waals surface area contributed by atoms with Gasteiger partial charge in [0.1, 0.15) is 5.82 Å². The van der Waals surface area contributed by atoms with E-state index < -0.39 is 0 Å². The first-order valence-corrected chi connectivity index (χ1v) is 6.54. The summed E-state index contributed by atoms with van der Waals surface area (Å²) >= 11 is 0. The lowest BCUT2D eigenvalue weighted by atomic mass is 10.1. The summed E-state index contributed by atoms with van der Waals surface area (Å²) in [4.78, 5) is 4.23. The number of aromatic nitrogens is 3. The standard InChI is InChI=1S/C15H14N4/c16-15-11-4-2-6-13(11)19(18-15)14-5-1-3-10-7-8-17-9-12(10)14/h1,3,5,7-9H,2,4,6H2,(H2,16,18). The van der Waals surface area contributed by atoms with E-state index >= 15 is 0 Å². The highest BCUT2D eigenvalue weighted by Gasteiger charge is 2.22. The Balaban J connectivity index is 2.03. The number of hydrogen-bond donors (Lipinski definition) is 1. The Labute approximate surface area is 110 Å². The highest BCUT2D eigenvalue weighted by atomic mass is 15.3. The Kier molecular flexibility index (Phi) is 2.12. The van der Waals surface area contributed by atoms with Crippen LogP contribution in [0.2, 0.25) is 0 Å². The summed E-state index contributed by atoms with van der Waals surface area (Å²) in [5, 5.41) is 6.81. The molecule has 0 unspecified atom stereocenters. The lowest BCUT2D eigenvalue weighted by molar-refractivity contribution is 0.792. The molecular weight excluding hydrogens is 236 g/mol. The minimum atomic E-state index is 0.674. The van der Waals surface area contributed by atoms with Gasteiger partial charge in [-0.2, -0.15) is 5.10 Å². The number of benzene rings is 1. The summed E-state index contributed by atoms with van der Waals surface area (Å²) in [5.74, 6) is 0.674. The minimum absolute atomic E-state index is 0.674. The second kappa shape index (κ2) is 3.82. The van der Waals surface area contributed by atoms with E-state index in [1.54, 1.807) is 0 Å². The normalized spacial score (nSPS) is 13.9. The van der Waals surface area contributed by atoms with Crippen LogP contribution in [-0.2, 0) is 12.8 Å². The molecule has 0 amide bonds. The van der Waals surface area contributed by atoms with Gasteiger partial charge in [-0.3, -0.25) is 4.98 Å². The molecule has 4 heteroatoms. The second-order valence-corrected chi connectivity index (χ2v) is 4.95. The average molecular weight is 250 g/mol. The van der Waals surface area contributed by atoms with Gasteiger partial charge in [-0.05, 0) is 36.8 Å². The van der Waals surface area contributed by atoms with Crippen molar-refractivity contribution in [1.82, 2.24) is 14.8 Å². The predicted molar refractivity (Wildman–Crippen MR) is 75.3 cm³/mol. The first kappa shape index (κ1) is 10.6. The van der Waals surface area contributed by atoms with Crippen LogP contribution in [0.1, 0.15) is 17.7 Å². The molecule has 2 aromatic heterocycles. The molecule has 2 N–H and O–H groups in total. The molecule has 4 nitrogen and oxygen atoms in total. The van der Waals surface area contributed by atoms with Crippen molar-refractivity contribution >= 4 is 16.6 Å². The molecule has 0 spiro atoms. The van der Waals surface area contributed by atoms with Crippen LogP contribution in [0.25, 0.3) is 16.5 Å². The SMILES string of the molecule is Nc1nn(-c2cccc3ccncc23)c2c1CCC2. The van der Waals surface area contributed by atoms with Crippen LogP contribution < -0.4 is 5.73 Å². The van der Waals surface area contributed by atoms with E-state index in [0.29, 0.717) is 5.82 Å². The van der Waals surface area contributed by atoms with Crippen LogP contribution in [0.4, 0.5) is 5.82 Å². The van der Waals surface area contributed by atoms with Crippen molar-refractivity contribution in [1.29, 1.82) is 0 Å². The fourth-order valence-corrected chi connectivity index (χ4v) is 2.95. The lowest BCUT2D eigenvalue weighted by Gasteiger charge is -2.08. The summed E-state index contributed by atoms with van der Waals surface area (Å²) in [7, 11) is 0. The Morgan fingerprint density at radius 2 is 2.11 bits per heavy atom. The summed E-state index contributed by atoms with van der Waals surface area (Å²) in [5.41, 5.74) is 9.58. The summed E-state index contributed by atoms with van der Waals surface area (Å²) in [6, 6.07) is 8.24. The largest absolute Gasteiger partial charge is 0.382 e. The van der Waals surface area contributed by atoms with Gasteiger partial charge in [0, 0.05) is 29.0 Å². The smallest absolute Gasteiger partial charge is 0.149 e. The predicted octanol–water partition coefficient (Wildman–Crippen LogP) is 2.49. The number of pyridine rings is 1. The Morgan fingerprint density at radius 1 is 1.16 bits per heavy atom. The topological polar surface area (TPSA) is 56.7 Å². The van der Waals surface area contributed by atoms with Gasteiger partial charge >= 0.3 is 0 Å². The minimum Gasteiger partial charge on any atom is -0.382 e. The fourth-order valence-electron chi connectivity index (χ4n) is 2.95. The van der Waals surface area contributed by atoms with Gasteiger partial charge in [0.15, 0.2) is 0 Å². The molecule has 2 heterocycles. The molecule has 1 aliphatic rings.